The summed E-state index contributed by atoms with van der Waals surface area (Å²) in [6.07, 6.45) is 9.17. The molecule has 0 unspecified atom stereocenters. The van der Waals surface area contributed by atoms with E-state index in [0.29, 0.717) is 18.1 Å². The zero-order valence-electron chi connectivity index (χ0n) is 11.5. The van der Waals surface area contributed by atoms with Crippen LogP contribution in [0.3, 0.4) is 0 Å². The van der Waals surface area contributed by atoms with Crippen molar-refractivity contribution in [3.05, 3.63) is 15.6 Å². The highest BCUT2D eigenvalue weighted by Gasteiger charge is 2.17. The van der Waals surface area contributed by atoms with Crippen LogP contribution in [0.4, 0.5) is 0 Å². The molecule has 1 aromatic rings. The SMILES string of the molecule is Cc1nc(CC(=O)CC2CCCCCC2)sc1C. The zero-order chi connectivity index (χ0) is 13.0. The first kappa shape index (κ1) is 13.7. The van der Waals surface area contributed by atoms with Gasteiger partial charge in [-0.3, -0.25) is 4.79 Å². The van der Waals surface area contributed by atoms with Crippen molar-refractivity contribution in [2.75, 3.05) is 0 Å². The van der Waals surface area contributed by atoms with Crippen molar-refractivity contribution in [1.82, 2.24) is 4.98 Å². The Hall–Kier alpha value is -0.700. The van der Waals surface area contributed by atoms with E-state index in [-0.39, 0.29) is 0 Å². The Bertz CT molecular complexity index is 383. The van der Waals surface area contributed by atoms with Gasteiger partial charge in [0, 0.05) is 11.3 Å². The van der Waals surface area contributed by atoms with Crippen molar-refractivity contribution < 1.29 is 4.79 Å². The molecule has 1 fully saturated rings. The summed E-state index contributed by atoms with van der Waals surface area (Å²) in [5, 5.41) is 1.00. The molecule has 0 spiro atoms. The highest BCUT2D eigenvalue weighted by molar-refractivity contribution is 7.11. The van der Waals surface area contributed by atoms with E-state index in [1.165, 1.54) is 43.4 Å². The largest absolute Gasteiger partial charge is 0.299 e. The van der Waals surface area contributed by atoms with Crippen molar-refractivity contribution in [3.8, 4) is 0 Å². The molecule has 2 rings (SSSR count). The predicted molar refractivity (Wildman–Crippen MR) is 76.1 cm³/mol. The standard InChI is InChI=1S/C15H23NOS/c1-11-12(2)18-15(16-11)10-14(17)9-13-7-5-3-4-6-8-13/h13H,3-10H2,1-2H3. The second kappa shape index (κ2) is 6.46. The van der Waals surface area contributed by atoms with Gasteiger partial charge in [-0.25, -0.2) is 4.98 Å². The molecule has 1 saturated carbocycles. The Morgan fingerprint density at radius 1 is 1.22 bits per heavy atom. The van der Waals surface area contributed by atoms with Gasteiger partial charge in [0.1, 0.15) is 10.8 Å². The number of carbonyl (C=O) groups excluding carboxylic acids is 1. The van der Waals surface area contributed by atoms with Crippen molar-refractivity contribution in [3.63, 3.8) is 0 Å². The van der Waals surface area contributed by atoms with E-state index < -0.39 is 0 Å². The van der Waals surface area contributed by atoms with Crippen molar-refractivity contribution in [2.45, 2.75) is 65.2 Å². The Kier molecular flexibility index (Phi) is 4.93. The quantitative estimate of drug-likeness (QED) is 0.762. The number of thiazole rings is 1. The van der Waals surface area contributed by atoms with Gasteiger partial charge < -0.3 is 0 Å². The molecule has 0 amide bonds. The maximum atomic E-state index is 12.1. The molecule has 1 heterocycles. The molecule has 3 heteroatoms. The van der Waals surface area contributed by atoms with Gasteiger partial charge in [0.05, 0.1) is 12.1 Å². The fourth-order valence-corrected chi connectivity index (χ4v) is 3.71. The van der Waals surface area contributed by atoms with Gasteiger partial charge in [-0.1, -0.05) is 38.5 Å². The van der Waals surface area contributed by atoms with E-state index in [1.54, 1.807) is 11.3 Å². The van der Waals surface area contributed by atoms with Gasteiger partial charge in [0.2, 0.25) is 0 Å². The summed E-state index contributed by atoms with van der Waals surface area (Å²) in [4.78, 5) is 17.8. The monoisotopic (exact) mass is 265 g/mol. The third-order valence-electron chi connectivity index (χ3n) is 3.91. The first-order chi connectivity index (χ1) is 8.65. The number of ketones is 1. The molecular weight excluding hydrogens is 242 g/mol. The van der Waals surface area contributed by atoms with Crippen LogP contribution in [0.15, 0.2) is 0 Å². The molecule has 0 aliphatic heterocycles. The van der Waals surface area contributed by atoms with Crippen LogP contribution in [0.2, 0.25) is 0 Å². The summed E-state index contributed by atoms with van der Waals surface area (Å²) >= 11 is 1.68. The normalized spacial score (nSPS) is 17.7. The molecule has 0 bridgehead atoms. The van der Waals surface area contributed by atoms with Crippen LogP contribution in [-0.4, -0.2) is 10.8 Å². The first-order valence-corrected chi connectivity index (χ1v) is 7.91. The second-order valence-corrected chi connectivity index (χ2v) is 6.81. The summed E-state index contributed by atoms with van der Waals surface area (Å²) in [6, 6.07) is 0. The molecular formula is C15H23NOS. The zero-order valence-corrected chi connectivity index (χ0v) is 12.3. The fraction of sp³-hybridized carbons (Fsp3) is 0.733. The number of carbonyl (C=O) groups is 1. The van der Waals surface area contributed by atoms with Crippen LogP contribution >= 0.6 is 11.3 Å². The lowest BCUT2D eigenvalue weighted by Gasteiger charge is -2.11. The minimum atomic E-state index is 0.385. The predicted octanol–water partition coefficient (Wildman–Crippen LogP) is 4.23. The summed E-state index contributed by atoms with van der Waals surface area (Å²) < 4.78 is 0. The molecule has 0 aromatic carbocycles. The minimum absolute atomic E-state index is 0.385. The molecule has 1 aliphatic rings. The van der Waals surface area contributed by atoms with E-state index in [2.05, 4.69) is 11.9 Å². The third-order valence-corrected chi connectivity index (χ3v) is 4.99. The average molecular weight is 265 g/mol. The number of aryl methyl sites for hydroxylation is 2. The van der Waals surface area contributed by atoms with Crippen LogP contribution in [-0.2, 0) is 11.2 Å². The highest BCUT2D eigenvalue weighted by atomic mass is 32.1. The van der Waals surface area contributed by atoms with Crippen LogP contribution in [0.5, 0.6) is 0 Å². The molecule has 1 aromatic heterocycles. The van der Waals surface area contributed by atoms with Gasteiger partial charge in [-0.2, -0.15) is 0 Å². The maximum Gasteiger partial charge on any atom is 0.139 e. The number of aromatic nitrogens is 1. The molecule has 18 heavy (non-hydrogen) atoms. The summed E-state index contributed by atoms with van der Waals surface area (Å²) in [5.41, 5.74) is 1.08. The number of rotatable bonds is 4. The summed E-state index contributed by atoms with van der Waals surface area (Å²) in [5.74, 6) is 1.03. The first-order valence-electron chi connectivity index (χ1n) is 7.09. The smallest absolute Gasteiger partial charge is 0.139 e. The minimum Gasteiger partial charge on any atom is -0.299 e. The number of nitrogens with zero attached hydrogens (tertiary/aromatic N) is 1. The molecule has 0 saturated heterocycles. The Labute approximate surface area is 114 Å². The Balaban J connectivity index is 1.84. The van der Waals surface area contributed by atoms with Crippen molar-refractivity contribution in [1.29, 1.82) is 0 Å². The average Bonchev–Trinajstić information content (AvgIpc) is 2.55. The second-order valence-electron chi connectivity index (χ2n) is 5.53. The van der Waals surface area contributed by atoms with Crippen LogP contribution in [0, 0.1) is 19.8 Å². The molecule has 1 aliphatic carbocycles. The summed E-state index contributed by atoms with van der Waals surface area (Å²) in [6.45, 7) is 4.09. The Morgan fingerprint density at radius 2 is 1.89 bits per heavy atom. The van der Waals surface area contributed by atoms with Crippen LogP contribution < -0.4 is 0 Å². The molecule has 100 valence electrons. The lowest BCUT2D eigenvalue weighted by molar-refractivity contribution is -0.119. The molecule has 0 atom stereocenters. The lowest BCUT2D eigenvalue weighted by atomic mass is 9.93. The van der Waals surface area contributed by atoms with Gasteiger partial charge in [0.25, 0.3) is 0 Å². The highest BCUT2D eigenvalue weighted by Crippen LogP contribution is 2.26. The van der Waals surface area contributed by atoms with Gasteiger partial charge >= 0.3 is 0 Å². The van der Waals surface area contributed by atoms with E-state index in [1.807, 2.05) is 6.92 Å². The lowest BCUT2D eigenvalue weighted by Crippen LogP contribution is -2.10. The molecule has 0 radical (unpaired) electrons. The maximum absolute atomic E-state index is 12.1. The molecule has 0 N–H and O–H groups in total. The van der Waals surface area contributed by atoms with Crippen molar-refractivity contribution in [2.24, 2.45) is 5.92 Å². The van der Waals surface area contributed by atoms with Gasteiger partial charge in [-0.05, 0) is 19.8 Å². The van der Waals surface area contributed by atoms with E-state index in [9.17, 15) is 4.79 Å². The van der Waals surface area contributed by atoms with E-state index in [0.717, 1.165) is 17.1 Å². The number of hydrogen-bond donors (Lipinski definition) is 0. The fourth-order valence-electron chi connectivity index (χ4n) is 2.75. The third kappa shape index (κ3) is 3.91. The topological polar surface area (TPSA) is 30.0 Å². The number of Topliss-reactive ketones (excluding diaryl/α,β-unsaturated/α-hetero) is 1. The number of hydrogen-bond acceptors (Lipinski definition) is 3. The van der Waals surface area contributed by atoms with Gasteiger partial charge in [-0.15, -0.1) is 11.3 Å². The van der Waals surface area contributed by atoms with Gasteiger partial charge in [0.15, 0.2) is 0 Å². The van der Waals surface area contributed by atoms with Crippen molar-refractivity contribution >= 4 is 17.1 Å². The van der Waals surface area contributed by atoms with Crippen LogP contribution in [0.25, 0.3) is 0 Å². The van der Waals surface area contributed by atoms with Crippen LogP contribution in [0.1, 0.15) is 60.5 Å². The van der Waals surface area contributed by atoms with E-state index >= 15 is 0 Å². The Morgan fingerprint density at radius 3 is 2.44 bits per heavy atom. The molecule has 2 nitrogen and oxygen atoms in total. The van der Waals surface area contributed by atoms with E-state index in [4.69, 9.17) is 0 Å². The summed E-state index contributed by atoms with van der Waals surface area (Å²) in [7, 11) is 0.